The maximum absolute atomic E-state index is 10.8. The lowest BCUT2D eigenvalue weighted by Crippen LogP contribution is -1.97. The lowest BCUT2D eigenvalue weighted by Gasteiger charge is -1.88. The van der Waals surface area contributed by atoms with E-state index in [-0.39, 0.29) is 24.4 Å². The fourth-order valence-electron chi connectivity index (χ4n) is 0.689. The van der Waals surface area contributed by atoms with Crippen LogP contribution in [0.25, 0.3) is 0 Å². The molecule has 58 valence electrons. The van der Waals surface area contributed by atoms with Crippen molar-refractivity contribution >= 4 is 11.6 Å². The maximum Gasteiger partial charge on any atom is 0.159 e. The smallest absolute Gasteiger partial charge is 0.159 e. The van der Waals surface area contributed by atoms with Crippen molar-refractivity contribution in [1.82, 2.24) is 0 Å². The first kappa shape index (κ1) is 7.72. The summed E-state index contributed by atoms with van der Waals surface area (Å²) < 4.78 is 4.69. The molecule has 3 nitrogen and oxygen atoms in total. The molecule has 0 saturated carbocycles. The molecule has 0 saturated heterocycles. The average Bonchev–Trinajstić information content (AvgIpc) is 2.06. The van der Waals surface area contributed by atoms with Crippen molar-refractivity contribution < 1.29 is 14.3 Å². The summed E-state index contributed by atoms with van der Waals surface area (Å²) >= 11 is 0. The van der Waals surface area contributed by atoms with Crippen molar-refractivity contribution in [1.29, 1.82) is 0 Å². The van der Waals surface area contributed by atoms with E-state index in [2.05, 4.69) is 0 Å². The molecule has 0 aromatic carbocycles. The van der Waals surface area contributed by atoms with Crippen LogP contribution in [0.4, 0.5) is 0 Å². The Hall–Kier alpha value is -1.38. The van der Waals surface area contributed by atoms with Crippen LogP contribution in [-0.4, -0.2) is 11.6 Å². The number of allylic oxidation sites excluding steroid dienone is 2. The summed E-state index contributed by atoms with van der Waals surface area (Å²) in [5.41, 5.74) is 0. The van der Waals surface area contributed by atoms with Gasteiger partial charge < -0.3 is 4.74 Å². The van der Waals surface area contributed by atoms with Crippen LogP contribution in [0.2, 0.25) is 0 Å². The Morgan fingerprint density at radius 3 is 1.91 bits per heavy atom. The van der Waals surface area contributed by atoms with Gasteiger partial charge in [-0.05, 0) is 0 Å². The van der Waals surface area contributed by atoms with Gasteiger partial charge in [-0.2, -0.15) is 0 Å². The molecule has 0 N–H and O–H groups in total. The van der Waals surface area contributed by atoms with Gasteiger partial charge in [-0.25, -0.2) is 0 Å². The van der Waals surface area contributed by atoms with Gasteiger partial charge in [0.25, 0.3) is 0 Å². The van der Waals surface area contributed by atoms with E-state index in [4.69, 9.17) is 4.74 Å². The fraction of sp³-hybridized carbons (Fsp3) is 0.250. The van der Waals surface area contributed by atoms with E-state index < -0.39 is 0 Å². The SMILES string of the molecule is O=C1C=COC=CC(=O)CC1. The summed E-state index contributed by atoms with van der Waals surface area (Å²) in [5.74, 6) is -0.163. The molecule has 11 heavy (non-hydrogen) atoms. The number of carbonyl (C=O) groups excluding carboxylic acids is 2. The second-order valence-corrected chi connectivity index (χ2v) is 2.17. The summed E-state index contributed by atoms with van der Waals surface area (Å²) in [5, 5.41) is 0. The highest BCUT2D eigenvalue weighted by atomic mass is 16.5. The monoisotopic (exact) mass is 152 g/mol. The quantitative estimate of drug-likeness (QED) is 0.519. The Morgan fingerprint density at radius 1 is 1.00 bits per heavy atom. The van der Waals surface area contributed by atoms with Crippen LogP contribution in [0.3, 0.4) is 0 Å². The third-order valence-corrected chi connectivity index (χ3v) is 1.28. The van der Waals surface area contributed by atoms with Gasteiger partial charge >= 0.3 is 0 Å². The van der Waals surface area contributed by atoms with Crippen molar-refractivity contribution in [2.45, 2.75) is 12.8 Å². The van der Waals surface area contributed by atoms with Crippen LogP contribution in [0.1, 0.15) is 12.8 Å². The first-order chi connectivity index (χ1) is 5.29. The molecule has 3 heteroatoms. The standard InChI is InChI=1S/C8H8O3/c9-7-1-2-8(10)4-6-11-5-3-7/h3-6H,1-2H2. The fourth-order valence-corrected chi connectivity index (χ4v) is 0.689. The molecule has 0 amide bonds. The molecular weight excluding hydrogens is 144 g/mol. The first-order valence-corrected chi connectivity index (χ1v) is 3.33. The summed E-state index contributed by atoms with van der Waals surface area (Å²) in [6.07, 6.45) is 5.73. The molecule has 0 radical (unpaired) electrons. The van der Waals surface area contributed by atoms with Gasteiger partial charge in [-0.3, -0.25) is 9.59 Å². The minimum absolute atomic E-state index is 0.0814. The largest absolute Gasteiger partial charge is 0.472 e. The summed E-state index contributed by atoms with van der Waals surface area (Å²) in [6.45, 7) is 0. The van der Waals surface area contributed by atoms with Crippen LogP contribution >= 0.6 is 0 Å². The van der Waals surface area contributed by atoms with Gasteiger partial charge in [0.1, 0.15) is 0 Å². The van der Waals surface area contributed by atoms with Crippen LogP contribution in [0.15, 0.2) is 24.7 Å². The lowest BCUT2D eigenvalue weighted by atomic mass is 10.1. The third-order valence-electron chi connectivity index (χ3n) is 1.28. The minimum atomic E-state index is -0.0814. The molecule has 0 spiro atoms. The van der Waals surface area contributed by atoms with Crippen molar-refractivity contribution in [2.24, 2.45) is 0 Å². The van der Waals surface area contributed by atoms with Crippen LogP contribution in [-0.2, 0) is 14.3 Å². The molecule has 1 heterocycles. The molecule has 0 bridgehead atoms. The number of hydrogen-bond donors (Lipinski definition) is 0. The zero-order chi connectivity index (χ0) is 8.10. The third kappa shape index (κ3) is 2.80. The van der Waals surface area contributed by atoms with Gasteiger partial charge in [0.15, 0.2) is 11.6 Å². The van der Waals surface area contributed by atoms with Crippen LogP contribution in [0, 0.1) is 0 Å². The number of hydrogen-bond acceptors (Lipinski definition) is 3. The first-order valence-electron chi connectivity index (χ1n) is 3.33. The molecule has 0 fully saturated rings. The Balaban J connectivity index is 2.61. The van der Waals surface area contributed by atoms with Gasteiger partial charge in [-0.1, -0.05) is 0 Å². The number of ketones is 2. The van der Waals surface area contributed by atoms with Gasteiger partial charge in [-0.15, -0.1) is 0 Å². The summed E-state index contributed by atoms with van der Waals surface area (Å²) in [4.78, 5) is 21.6. The van der Waals surface area contributed by atoms with E-state index in [9.17, 15) is 9.59 Å². The highest BCUT2D eigenvalue weighted by molar-refractivity contribution is 5.96. The van der Waals surface area contributed by atoms with Crippen LogP contribution in [0.5, 0.6) is 0 Å². The molecule has 0 unspecified atom stereocenters. The highest BCUT2D eigenvalue weighted by Crippen LogP contribution is 1.98. The molecule has 1 rings (SSSR count). The summed E-state index contributed by atoms with van der Waals surface area (Å²) in [6, 6.07) is 0. The zero-order valence-electron chi connectivity index (χ0n) is 5.95. The topological polar surface area (TPSA) is 43.4 Å². The average molecular weight is 152 g/mol. The van der Waals surface area contributed by atoms with E-state index >= 15 is 0 Å². The second-order valence-electron chi connectivity index (χ2n) is 2.17. The number of rotatable bonds is 0. The molecule has 1 aliphatic heterocycles. The van der Waals surface area contributed by atoms with Crippen molar-refractivity contribution in [2.75, 3.05) is 0 Å². The predicted molar refractivity (Wildman–Crippen MR) is 38.6 cm³/mol. The maximum atomic E-state index is 10.8. The Bertz CT molecular complexity index is 201. The molecule has 0 atom stereocenters. The van der Waals surface area contributed by atoms with Crippen molar-refractivity contribution in [3.8, 4) is 0 Å². The van der Waals surface area contributed by atoms with E-state index in [1.807, 2.05) is 0 Å². The van der Waals surface area contributed by atoms with E-state index in [0.29, 0.717) is 0 Å². The minimum Gasteiger partial charge on any atom is -0.472 e. The van der Waals surface area contributed by atoms with E-state index in [1.54, 1.807) is 0 Å². The number of carbonyl (C=O) groups is 2. The molecule has 0 aromatic rings. The molecule has 0 aliphatic carbocycles. The lowest BCUT2D eigenvalue weighted by molar-refractivity contribution is -0.119. The molecule has 0 aromatic heterocycles. The molecule has 1 aliphatic rings. The Kier molecular flexibility index (Phi) is 2.60. The van der Waals surface area contributed by atoms with E-state index in [0.717, 1.165) is 0 Å². The summed E-state index contributed by atoms with van der Waals surface area (Å²) in [7, 11) is 0. The van der Waals surface area contributed by atoms with Crippen LogP contribution < -0.4 is 0 Å². The zero-order valence-corrected chi connectivity index (χ0v) is 5.95. The second kappa shape index (κ2) is 3.71. The van der Waals surface area contributed by atoms with Gasteiger partial charge in [0, 0.05) is 25.0 Å². The van der Waals surface area contributed by atoms with Crippen molar-refractivity contribution in [3.05, 3.63) is 24.7 Å². The predicted octanol–water partition coefficient (Wildman–Crippen LogP) is 0.962. The highest BCUT2D eigenvalue weighted by Gasteiger charge is 2.02. The Morgan fingerprint density at radius 2 is 1.45 bits per heavy atom. The van der Waals surface area contributed by atoms with Gasteiger partial charge in [0.05, 0.1) is 12.5 Å². The number of ether oxygens (including phenoxy) is 1. The van der Waals surface area contributed by atoms with Crippen molar-refractivity contribution in [3.63, 3.8) is 0 Å². The van der Waals surface area contributed by atoms with Gasteiger partial charge in [0.2, 0.25) is 0 Å². The Labute approximate surface area is 64.3 Å². The molecular formula is C8H8O3. The normalized spacial score (nSPS) is 18.5. The van der Waals surface area contributed by atoms with E-state index in [1.165, 1.54) is 24.7 Å².